The molecule has 1 aliphatic carbocycles. The van der Waals surface area contributed by atoms with Crippen LogP contribution in [0.1, 0.15) is 59.3 Å². The van der Waals surface area contributed by atoms with Gasteiger partial charge in [-0.1, -0.05) is 20.8 Å². The molecule has 0 radical (unpaired) electrons. The van der Waals surface area contributed by atoms with E-state index in [2.05, 4.69) is 35.9 Å². The molecule has 10 nitrogen and oxygen atoms in total. The normalized spacial score (nSPS) is 33.8. The average Bonchev–Trinajstić information content (AvgIpc) is 2.72. The van der Waals surface area contributed by atoms with E-state index in [9.17, 15) is 0 Å². The Morgan fingerprint density at radius 1 is 0.697 bits per heavy atom. The van der Waals surface area contributed by atoms with Gasteiger partial charge >= 0.3 is 0 Å². The molecule has 2 aliphatic heterocycles. The van der Waals surface area contributed by atoms with Crippen molar-refractivity contribution in [3.8, 4) is 0 Å². The van der Waals surface area contributed by atoms with Crippen LogP contribution < -0.4 is 38.1 Å². The van der Waals surface area contributed by atoms with Crippen molar-refractivity contribution in [2.75, 3.05) is 41.3 Å². The van der Waals surface area contributed by atoms with Crippen LogP contribution in [0.2, 0.25) is 0 Å². The first-order valence-electron chi connectivity index (χ1n) is 12.6. The van der Waals surface area contributed by atoms with Crippen molar-refractivity contribution in [3.05, 3.63) is 0 Å². The molecule has 0 bridgehead atoms. The number of nitrogens with two attached hydrogens (primary N) is 4. The maximum Gasteiger partial charge on any atom is 0.232 e. The molecule has 0 unspecified atom stereocenters. The predicted molar refractivity (Wildman–Crippen MR) is 134 cm³/mol. The summed E-state index contributed by atoms with van der Waals surface area (Å²) in [7, 11) is 0. The zero-order chi connectivity index (χ0) is 23.8. The van der Waals surface area contributed by atoms with Crippen molar-refractivity contribution >= 4 is 17.8 Å². The zero-order valence-corrected chi connectivity index (χ0v) is 20.6. The lowest BCUT2D eigenvalue weighted by atomic mass is 9.71. The number of nitrogens with zero attached hydrogens (tertiary/aromatic N) is 5. The third kappa shape index (κ3) is 6.23. The highest BCUT2D eigenvalue weighted by molar-refractivity contribution is 5.47. The first-order valence-corrected chi connectivity index (χ1v) is 12.6. The highest BCUT2D eigenvalue weighted by Crippen LogP contribution is 2.38. The molecule has 9 N–H and O–H groups in total. The molecular weight excluding hydrogens is 416 g/mol. The molecule has 0 spiro atoms. The van der Waals surface area contributed by atoms with E-state index in [1.807, 2.05) is 0 Å². The van der Waals surface area contributed by atoms with Crippen LogP contribution in [-0.4, -0.2) is 71.3 Å². The lowest BCUT2D eigenvalue weighted by molar-refractivity contribution is 0.173. The van der Waals surface area contributed by atoms with E-state index in [4.69, 9.17) is 37.9 Å². The molecule has 3 fully saturated rings. The summed E-state index contributed by atoms with van der Waals surface area (Å²) in [6.07, 6.45) is 6.31. The molecule has 0 aromatic carbocycles. The fourth-order valence-corrected chi connectivity index (χ4v) is 5.67. The number of aromatic nitrogens is 3. The number of piperidine rings is 2. The summed E-state index contributed by atoms with van der Waals surface area (Å²) < 4.78 is 0. The lowest BCUT2D eigenvalue weighted by Crippen LogP contribution is -2.54. The van der Waals surface area contributed by atoms with Gasteiger partial charge in [0.05, 0.1) is 0 Å². The van der Waals surface area contributed by atoms with E-state index >= 15 is 0 Å². The summed E-state index contributed by atoms with van der Waals surface area (Å²) in [5.41, 5.74) is 25.4. The molecule has 3 aliphatic rings. The van der Waals surface area contributed by atoms with Gasteiger partial charge in [0.2, 0.25) is 17.8 Å². The summed E-state index contributed by atoms with van der Waals surface area (Å²) in [5.74, 6) is 2.63. The number of hydrogen-bond donors (Lipinski definition) is 5. The van der Waals surface area contributed by atoms with E-state index in [1.54, 1.807) is 0 Å². The Kier molecular flexibility index (Phi) is 7.28. The van der Waals surface area contributed by atoms with Gasteiger partial charge in [-0.25, -0.2) is 0 Å². The van der Waals surface area contributed by atoms with E-state index in [0.29, 0.717) is 55.5 Å². The highest BCUT2D eigenvalue weighted by Gasteiger charge is 2.32. The number of rotatable bonds is 4. The van der Waals surface area contributed by atoms with E-state index < -0.39 is 0 Å². The second-order valence-electron chi connectivity index (χ2n) is 11.6. The molecule has 33 heavy (non-hydrogen) atoms. The fraction of sp³-hybridized carbons (Fsp3) is 0.870. The number of hydrogen-bond acceptors (Lipinski definition) is 10. The fourth-order valence-electron chi connectivity index (χ4n) is 5.67. The maximum absolute atomic E-state index is 6.25. The van der Waals surface area contributed by atoms with Crippen molar-refractivity contribution in [2.24, 2.45) is 34.3 Å². The Bertz CT molecular complexity index is 724. The second-order valence-corrected chi connectivity index (χ2v) is 11.6. The number of anilines is 3. The molecule has 0 amide bonds. The summed E-state index contributed by atoms with van der Waals surface area (Å²) in [6.45, 7) is 9.78. The third-order valence-electron chi connectivity index (χ3n) is 7.49. The maximum atomic E-state index is 6.25. The van der Waals surface area contributed by atoms with Crippen LogP contribution in [0.4, 0.5) is 17.8 Å². The average molecular weight is 461 g/mol. The summed E-state index contributed by atoms with van der Waals surface area (Å²) >= 11 is 0. The largest absolute Gasteiger partial charge is 0.351 e. The van der Waals surface area contributed by atoms with Gasteiger partial charge in [0.25, 0.3) is 0 Å². The Morgan fingerprint density at radius 2 is 1.12 bits per heavy atom. The van der Waals surface area contributed by atoms with Gasteiger partial charge < -0.3 is 38.1 Å². The Balaban J connectivity index is 1.55. The van der Waals surface area contributed by atoms with E-state index in [0.717, 1.165) is 31.6 Å². The smallest absolute Gasteiger partial charge is 0.232 e. The van der Waals surface area contributed by atoms with Crippen molar-refractivity contribution in [3.63, 3.8) is 0 Å². The summed E-state index contributed by atoms with van der Waals surface area (Å²) in [4.78, 5) is 18.6. The monoisotopic (exact) mass is 460 g/mol. The quantitative estimate of drug-likeness (QED) is 0.430. The Hall–Kier alpha value is -1.75. The molecule has 1 aromatic rings. The molecule has 1 saturated carbocycles. The SMILES string of the molecule is CC(C)(C)C1CCC(Nc2nc(N3C[C@H](N)C[C@H](N)C3)nc(N3C[C@H](N)C[C@H](N)C3)n2)CC1. The van der Waals surface area contributed by atoms with Crippen LogP contribution in [0.15, 0.2) is 0 Å². The lowest BCUT2D eigenvalue weighted by Gasteiger charge is -2.38. The van der Waals surface area contributed by atoms with Gasteiger partial charge in [-0.2, -0.15) is 15.0 Å². The Morgan fingerprint density at radius 3 is 1.52 bits per heavy atom. The van der Waals surface area contributed by atoms with Crippen LogP contribution in [0.5, 0.6) is 0 Å². The molecule has 2 saturated heterocycles. The predicted octanol–water partition coefficient (Wildman–Crippen LogP) is 0.618. The summed E-state index contributed by atoms with van der Waals surface area (Å²) in [6, 6.07) is 0.401. The van der Waals surface area contributed by atoms with Crippen molar-refractivity contribution in [1.29, 1.82) is 0 Å². The first-order chi connectivity index (χ1) is 15.6. The second kappa shape index (κ2) is 9.85. The third-order valence-corrected chi connectivity index (χ3v) is 7.49. The standard InChI is InChI=1S/C23H44N10/c1-23(2,3)14-4-6-19(7-5-14)28-20-29-21(32-10-15(24)8-16(25)11-32)31-22(30-20)33-12-17(26)9-18(27)13-33/h14-19H,4-13,24-27H2,1-3H3,(H,28,29,30,31)/t14?,15-,16+,17-,18+,19?. The molecular formula is C23H44N10. The van der Waals surface area contributed by atoms with E-state index in [1.165, 1.54) is 12.8 Å². The van der Waals surface area contributed by atoms with Crippen LogP contribution >= 0.6 is 0 Å². The number of nitrogens with one attached hydrogen (secondary N) is 1. The zero-order valence-electron chi connectivity index (χ0n) is 20.6. The van der Waals surface area contributed by atoms with Crippen molar-refractivity contribution < 1.29 is 0 Å². The van der Waals surface area contributed by atoms with Gasteiger partial charge in [-0.05, 0) is 49.9 Å². The van der Waals surface area contributed by atoms with Crippen LogP contribution in [0.3, 0.4) is 0 Å². The van der Waals surface area contributed by atoms with Crippen LogP contribution in [0, 0.1) is 11.3 Å². The van der Waals surface area contributed by atoms with Crippen LogP contribution in [0.25, 0.3) is 0 Å². The summed E-state index contributed by atoms with van der Waals surface area (Å²) in [5, 5.41) is 3.62. The van der Waals surface area contributed by atoms with E-state index in [-0.39, 0.29) is 24.2 Å². The van der Waals surface area contributed by atoms with Crippen molar-refractivity contribution in [1.82, 2.24) is 15.0 Å². The van der Waals surface area contributed by atoms with Crippen LogP contribution in [-0.2, 0) is 0 Å². The van der Waals surface area contributed by atoms with Crippen molar-refractivity contribution in [2.45, 2.75) is 89.5 Å². The minimum atomic E-state index is 0.00915. The molecule has 1 aromatic heterocycles. The molecule has 10 heteroatoms. The van der Waals surface area contributed by atoms with Gasteiger partial charge in [0.1, 0.15) is 0 Å². The topological polar surface area (TPSA) is 161 Å². The highest BCUT2D eigenvalue weighted by atomic mass is 15.4. The molecule has 186 valence electrons. The molecule has 4 rings (SSSR count). The molecule has 3 heterocycles. The minimum absolute atomic E-state index is 0.00915. The van der Waals surface area contributed by atoms with Gasteiger partial charge in [-0.3, -0.25) is 0 Å². The van der Waals surface area contributed by atoms with Gasteiger partial charge in [-0.15, -0.1) is 0 Å². The molecule has 4 atom stereocenters. The Labute approximate surface area is 198 Å². The van der Waals surface area contributed by atoms with Gasteiger partial charge in [0.15, 0.2) is 0 Å². The van der Waals surface area contributed by atoms with Gasteiger partial charge in [0, 0.05) is 56.4 Å². The minimum Gasteiger partial charge on any atom is -0.351 e. The first kappa shape index (κ1) is 24.4.